The van der Waals surface area contributed by atoms with Crippen LogP contribution in [0.15, 0.2) is 15.0 Å². The zero-order valence-electron chi connectivity index (χ0n) is 6.03. The molecule has 0 fully saturated rings. The quantitative estimate of drug-likeness (QED) is 0.570. The topological polar surface area (TPSA) is 28.9 Å². The number of oxazole rings is 1. The molecule has 6 heteroatoms. The minimum Gasteiger partial charge on any atom is -0.428 e. The maximum Gasteiger partial charge on any atom is 0.266 e. The van der Waals surface area contributed by atoms with Gasteiger partial charge in [-0.25, -0.2) is 0 Å². The van der Waals surface area contributed by atoms with Crippen LogP contribution in [0.3, 0.4) is 0 Å². The first-order chi connectivity index (χ1) is 6.09. The van der Waals surface area contributed by atoms with Gasteiger partial charge in [-0.2, -0.15) is 0 Å². The first kappa shape index (κ1) is 9.52. The van der Waals surface area contributed by atoms with Crippen molar-refractivity contribution in [3.05, 3.63) is 25.4 Å². The molecule has 0 saturated heterocycles. The summed E-state index contributed by atoms with van der Waals surface area (Å²) in [4.78, 5) is 3.07. The van der Waals surface area contributed by atoms with Gasteiger partial charge in [0.25, 0.3) is 4.84 Å². The largest absolute Gasteiger partial charge is 0.428 e. The predicted octanol–water partition coefficient (Wildman–Crippen LogP) is 4.56. The van der Waals surface area contributed by atoms with Crippen molar-refractivity contribution in [3.63, 3.8) is 0 Å². The molecule has 1 heterocycles. The van der Waals surface area contributed by atoms with Gasteiger partial charge >= 0.3 is 0 Å². The highest BCUT2D eigenvalue weighted by atomic mass is 79.9. The molecule has 2 nitrogen and oxygen atoms in total. The van der Waals surface area contributed by atoms with Gasteiger partial charge in [0.15, 0.2) is 5.58 Å². The molecule has 13 heavy (non-hydrogen) atoms. The van der Waals surface area contributed by atoms with Crippen LogP contribution in [0.1, 0.15) is 0 Å². The van der Waals surface area contributed by atoms with Gasteiger partial charge in [0.05, 0.1) is 10.0 Å². The molecule has 1 N–H and O–H groups in total. The summed E-state index contributed by atoms with van der Waals surface area (Å²) in [6.45, 7) is 0. The number of aromatic nitrogens is 1. The molecule has 2 rings (SSSR count). The summed E-state index contributed by atoms with van der Waals surface area (Å²) >= 11 is 20.0. The van der Waals surface area contributed by atoms with Crippen LogP contribution in [0.2, 0.25) is 10.0 Å². The average Bonchev–Trinajstić information content (AvgIpc) is 2.44. The van der Waals surface area contributed by atoms with Crippen LogP contribution in [-0.2, 0) is 0 Å². The van der Waals surface area contributed by atoms with E-state index in [-0.39, 0.29) is 4.84 Å². The number of H-pyrrole nitrogens is 1. The zero-order chi connectivity index (χ0) is 9.59. The molecule has 0 spiro atoms. The molecule has 0 radical (unpaired) electrons. The molecule has 0 aliphatic carbocycles. The van der Waals surface area contributed by atoms with E-state index in [9.17, 15) is 0 Å². The van der Waals surface area contributed by atoms with Crippen LogP contribution in [-0.4, -0.2) is 4.98 Å². The van der Waals surface area contributed by atoms with E-state index >= 15 is 0 Å². The van der Waals surface area contributed by atoms with Gasteiger partial charge in [-0.05, 0) is 34.2 Å². The Morgan fingerprint density at radius 2 is 2.15 bits per heavy atom. The van der Waals surface area contributed by atoms with Gasteiger partial charge in [0, 0.05) is 4.47 Å². The molecule has 68 valence electrons. The molecule has 1 aromatic heterocycles. The molecule has 0 aliphatic rings. The third kappa shape index (κ3) is 1.52. The Balaban J connectivity index is 3.04. The molecular formula is C7H2BrCl2NOS. The number of nitrogens with one attached hydrogen (secondary N) is 1. The smallest absolute Gasteiger partial charge is 0.266 e. The Kier molecular flexibility index (Phi) is 2.40. The first-order valence-electron chi connectivity index (χ1n) is 3.26. The van der Waals surface area contributed by atoms with Gasteiger partial charge in [-0.3, -0.25) is 0 Å². The molecule has 0 bridgehead atoms. The number of halogens is 3. The monoisotopic (exact) mass is 297 g/mol. The van der Waals surface area contributed by atoms with Crippen LogP contribution in [0.25, 0.3) is 11.1 Å². The van der Waals surface area contributed by atoms with Crippen LogP contribution < -0.4 is 0 Å². The van der Waals surface area contributed by atoms with Crippen molar-refractivity contribution in [1.82, 2.24) is 4.98 Å². The van der Waals surface area contributed by atoms with E-state index < -0.39 is 0 Å². The molecule has 2 aromatic rings. The lowest BCUT2D eigenvalue weighted by molar-refractivity contribution is 0.583. The number of fused-ring (bicyclic) bond motifs is 1. The van der Waals surface area contributed by atoms with E-state index in [0.717, 1.165) is 0 Å². The van der Waals surface area contributed by atoms with Crippen LogP contribution in [0.4, 0.5) is 0 Å². The Hall–Kier alpha value is -0.0300. The fraction of sp³-hybridized carbons (Fsp3) is 0. The minimum atomic E-state index is 0.261. The fourth-order valence-corrected chi connectivity index (χ4v) is 2.18. The summed E-state index contributed by atoms with van der Waals surface area (Å²) in [5, 5.41) is 0.984. The molecule has 0 aliphatic heterocycles. The van der Waals surface area contributed by atoms with E-state index in [0.29, 0.717) is 25.6 Å². The van der Waals surface area contributed by atoms with Crippen molar-refractivity contribution >= 4 is 62.4 Å². The van der Waals surface area contributed by atoms with Crippen molar-refractivity contribution in [2.24, 2.45) is 0 Å². The maximum absolute atomic E-state index is 5.97. The summed E-state index contributed by atoms with van der Waals surface area (Å²) in [5.74, 6) is 0. The Bertz CT molecular complexity index is 533. The molecule has 0 saturated carbocycles. The summed E-state index contributed by atoms with van der Waals surface area (Å²) < 4.78 is 5.86. The fourth-order valence-electron chi connectivity index (χ4n) is 1.01. The summed E-state index contributed by atoms with van der Waals surface area (Å²) in [7, 11) is 0. The number of rotatable bonds is 0. The second-order valence-electron chi connectivity index (χ2n) is 2.37. The Labute approximate surface area is 97.0 Å². The number of hydrogen-bond acceptors (Lipinski definition) is 2. The first-order valence-corrected chi connectivity index (χ1v) is 5.21. The van der Waals surface area contributed by atoms with Crippen molar-refractivity contribution in [3.8, 4) is 0 Å². The number of hydrogen-bond donors (Lipinski definition) is 1. The predicted molar refractivity (Wildman–Crippen MR) is 59.1 cm³/mol. The maximum atomic E-state index is 5.97. The normalized spacial score (nSPS) is 11.0. The van der Waals surface area contributed by atoms with E-state index in [1.807, 2.05) is 0 Å². The second-order valence-corrected chi connectivity index (χ2v) is 4.38. The zero-order valence-corrected chi connectivity index (χ0v) is 9.94. The van der Waals surface area contributed by atoms with Gasteiger partial charge in [0.2, 0.25) is 0 Å². The lowest BCUT2D eigenvalue weighted by atomic mass is 10.3. The standard InChI is InChI=1S/C7H2BrCl2NOS/c8-2-1-3(9)6-5(4(2)10)11-7(13)12-6/h1H,(H,11,13). The number of aromatic amines is 1. The molecule has 1 aromatic carbocycles. The Morgan fingerprint density at radius 1 is 1.46 bits per heavy atom. The second kappa shape index (κ2) is 3.28. The van der Waals surface area contributed by atoms with Crippen molar-refractivity contribution in [1.29, 1.82) is 0 Å². The highest BCUT2D eigenvalue weighted by molar-refractivity contribution is 9.10. The molecule has 0 unspecified atom stereocenters. The van der Waals surface area contributed by atoms with Gasteiger partial charge < -0.3 is 9.40 Å². The van der Waals surface area contributed by atoms with E-state index in [1.165, 1.54) is 0 Å². The van der Waals surface area contributed by atoms with Crippen LogP contribution in [0.5, 0.6) is 0 Å². The van der Waals surface area contributed by atoms with Crippen LogP contribution in [0, 0.1) is 4.84 Å². The van der Waals surface area contributed by atoms with E-state index in [1.54, 1.807) is 6.07 Å². The summed E-state index contributed by atoms with van der Waals surface area (Å²) in [6, 6.07) is 1.67. The third-order valence-electron chi connectivity index (χ3n) is 1.55. The lowest BCUT2D eigenvalue weighted by Gasteiger charge is -1.97. The van der Waals surface area contributed by atoms with Gasteiger partial charge in [-0.15, -0.1) is 0 Å². The van der Waals surface area contributed by atoms with Crippen molar-refractivity contribution in [2.45, 2.75) is 0 Å². The SMILES string of the molecule is S=c1[nH]c2c(Cl)c(Br)cc(Cl)c2o1. The van der Waals surface area contributed by atoms with Gasteiger partial charge in [-0.1, -0.05) is 23.2 Å². The summed E-state index contributed by atoms with van der Waals surface area (Å²) in [5.41, 5.74) is 1.10. The highest BCUT2D eigenvalue weighted by Gasteiger charge is 2.11. The average molecular weight is 299 g/mol. The third-order valence-corrected chi connectivity index (χ3v) is 3.26. The minimum absolute atomic E-state index is 0.261. The van der Waals surface area contributed by atoms with Crippen LogP contribution >= 0.6 is 51.3 Å². The van der Waals surface area contributed by atoms with E-state index in [2.05, 4.69) is 20.9 Å². The van der Waals surface area contributed by atoms with E-state index in [4.69, 9.17) is 39.8 Å². The van der Waals surface area contributed by atoms with Gasteiger partial charge in [0.1, 0.15) is 5.52 Å². The van der Waals surface area contributed by atoms with Crippen molar-refractivity contribution in [2.75, 3.05) is 0 Å². The molecule has 0 atom stereocenters. The highest BCUT2D eigenvalue weighted by Crippen LogP contribution is 2.35. The summed E-state index contributed by atoms with van der Waals surface area (Å²) in [6.07, 6.45) is 0. The lowest BCUT2D eigenvalue weighted by Crippen LogP contribution is -1.75. The Morgan fingerprint density at radius 3 is 2.85 bits per heavy atom. The molecular weight excluding hydrogens is 297 g/mol. The number of benzene rings is 1. The molecule has 0 amide bonds. The van der Waals surface area contributed by atoms with Crippen molar-refractivity contribution < 1.29 is 4.42 Å².